The van der Waals surface area contributed by atoms with Crippen LogP contribution in [0.1, 0.15) is 24.5 Å². The summed E-state index contributed by atoms with van der Waals surface area (Å²) >= 11 is 3.93. The van der Waals surface area contributed by atoms with Crippen LogP contribution in [0.3, 0.4) is 0 Å². The molecule has 1 aromatic rings. The lowest BCUT2D eigenvalue weighted by atomic mass is 10.1. The standard InChI is InChI=1S/C9H13IO2S/c1-12-4-2-3-8(11)7-5-9(10)13-6-7/h5-6,8,11H,2-4H2,1H3. The van der Waals surface area contributed by atoms with Gasteiger partial charge in [0.05, 0.1) is 8.99 Å². The highest BCUT2D eigenvalue weighted by Crippen LogP contribution is 2.24. The summed E-state index contributed by atoms with van der Waals surface area (Å²) in [5.74, 6) is 0. The minimum absolute atomic E-state index is 0.324. The third kappa shape index (κ3) is 3.93. The van der Waals surface area contributed by atoms with E-state index < -0.39 is 0 Å². The molecule has 1 N–H and O–H groups in total. The molecule has 0 aliphatic rings. The molecule has 0 saturated heterocycles. The lowest BCUT2D eigenvalue weighted by Crippen LogP contribution is -1.98. The molecule has 2 nitrogen and oxygen atoms in total. The third-order valence-corrected chi connectivity index (χ3v) is 3.61. The van der Waals surface area contributed by atoms with Crippen molar-refractivity contribution in [1.82, 2.24) is 0 Å². The van der Waals surface area contributed by atoms with Crippen LogP contribution in [-0.4, -0.2) is 18.8 Å². The molecule has 13 heavy (non-hydrogen) atoms. The number of aliphatic hydroxyl groups is 1. The number of halogens is 1. The number of rotatable bonds is 5. The first-order valence-electron chi connectivity index (χ1n) is 4.15. The molecule has 1 aromatic heterocycles. The predicted octanol–water partition coefficient (Wildman–Crippen LogP) is 2.81. The molecule has 1 rings (SSSR count). The van der Waals surface area contributed by atoms with E-state index in [1.165, 1.54) is 2.88 Å². The maximum absolute atomic E-state index is 9.71. The number of methoxy groups -OCH3 is 1. The molecule has 0 bridgehead atoms. The summed E-state index contributed by atoms with van der Waals surface area (Å²) in [4.78, 5) is 0. The highest BCUT2D eigenvalue weighted by Gasteiger charge is 2.08. The van der Waals surface area contributed by atoms with E-state index in [1.54, 1.807) is 18.4 Å². The molecule has 0 aromatic carbocycles. The highest BCUT2D eigenvalue weighted by molar-refractivity contribution is 14.1. The molecule has 1 atom stereocenters. The summed E-state index contributed by atoms with van der Waals surface area (Å²) in [6.07, 6.45) is 1.36. The van der Waals surface area contributed by atoms with Gasteiger partial charge in [0.2, 0.25) is 0 Å². The van der Waals surface area contributed by atoms with E-state index in [0.29, 0.717) is 0 Å². The van der Waals surface area contributed by atoms with Crippen molar-refractivity contribution in [2.75, 3.05) is 13.7 Å². The number of ether oxygens (including phenoxy) is 1. The molecule has 4 heteroatoms. The largest absolute Gasteiger partial charge is 0.388 e. The smallest absolute Gasteiger partial charge is 0.0799 e. The summed E-state index contributed by atoms with van der Waals surface area (Å²) in [6, 6.07) is 2.03. The summed E-state index contributed by atoms with van der Waals surface area (Å²) in [7, 11) is 1.68. The first-order valence-corrected chi connectivity index (χ1v) is 6.11. The summed E-state index contributed by atoms with van der Waals surface area (Å²) in [6.45, 7) is 0.721. The minimum atomic E-state index is -0.324. The highest BCUT2D eigenvalue weighted by atomic mass is 127. The van der Waals surface area contributed by atoms with Crippen molar-refractivity contribution in [3.8, 4) is 0 Å². The van der Waals surface area contributed by atoms with E-state index in [4.69, 9.17) is 4.74 Å². The fraction of sp³-hybridized carbons (Fsp3) is 0.556. The number of hydrogen-bond acceptors (Lipinski definition) is 3. The topological polar surface area (TPSA) is 29.5 Å². The quantitative estimate of drug-likeness (QED) is 0.669. The molecular formula is C9H13IO2S. The first kappa shape index (κ1) is 11.4. The van der Waals surface area contributed by atoms with Crippen LogP contribution < -0.4 is 0 Å². The van der Waals surface area contributed by atoms with Crippen molar-refractivity contribution in [2.45, 2.75) is 18.9 Å². The normalized spacial score (nSPS) is 13.2. The maximum Gasteiger partial charge on any atom is 0.0799 e. The maximum atomic E-state index is 9.71. The zero-order valence-corrected chi connectivity index (χ0v) is 10.5. The van der Waals surface area contributed by atoms with E-state index in [-0.39, 0.29) is 6.10 Å². The van der Waals surface area contributed by atoms with Crippen LogP contribution in [0.15, 0.2) is 11.4 Å². The van der Waals surface area contributed by atoms with Gasteiger partial charge in [-0.05, 0) is 52.4 Å². The van der Waals surface area contributed by atoms with E-state index in [1.807, 2.05) is 11.4 Å². The molecule has 0 aliphatic heterocycles. The Morgan fingerprint density at radius 3 is 3.00 bits per heavy atom. The second-order valence-electron chi connectivity index (χ2n) is 2.83. The molecule has 0 aliphatic carbocycles. The van der Waals surface area contributed by atoms with Crippen molar-refractivity contribution < 1.29 is 9.84 Å². The SMILES string of the molecule is COCCCC(O)c1csc(I)c1. The van der Waals surface area contributed by atoms with Crippen LogP contribution in [0.5, 0.6) is 0 Å². The zero-order chi connectivity index (χ0) is 9.68. The predicted molar refractivity (Wildman–Crippen MR) is 63.1 cm³/mol. The molecule has 0 fully saturated rings. The van der Waals surface area contributed by atoms with Gasteiger partial charge in [-0.25, -0.2) is 0 Å². The van der Waals surface area contributed by atoms with E-state index in [2.05, 4.69) is 22.6 Å². The average Bonchev–Trinajstić information content (AvgIpc) is 2.52. The average molecular weight is 312 g/mol. The Morgan fingerprint density at radius 2 is 2.46 bits per heavy atom. The van der Waals surface area contributed by atoms with Gasteiger partial charge in [-0.15, -0.1) is 11.3 Å². The Kier molecular flexibility index (Phi) is 5.23. The van der Waals surface area contributed by atoms with Crippen LogP contribution in [0.4, 0.5) is 0 Å². The van der Waals surface area contributed by atoms with Gasteiger partial charge in [-0.2, -0.15) is 0 Å². The van der Waals surface area contributed by atoms with E-state index in [9.17, 15) is 5.11 Å². The molecule has 0 saturated carbocycles. The summed E-state index contributed by atoms with van der Waals surface area (Å²) < 4.78 is 6.14. The van der Waals surface area contributed by atoms with Crippen molar-refractivity contribution in [1.29, 1.82) is 0 Å². The second-order valence-corrected chi connectivity index (χ2v) is 5.64. The molecule has 0 radical (unpaired) electrons. The first-order chi connectivity index (χ1) is 6.24. The van der Waals surface area contributed by atoms with Crippen molar-refractivity contribution >= 4 is 33.9 Å². The van der Waals surface area contributed by atoms with Crippen LogP contribution in [0, 0.1) is 2.88 Å². The van der Waals surface area contributed by atoms with Gasteiger partial charge in [0.1, 0.15) is 0 Å². The Labute approximate surface area is 96.1 Å². The summed E-state index contributed by atoms with van der Waals surface area (Å²) in [5, 5.41) is 11.7. The molecule has 1 heterocycles. The second kappa shape index (κ2) is 5.95. The number of aliphatic hydroxyl groups excluding tert-OH is 1. The Morgan fingerprint density at radius 1 is 1.69 bits per heavy atom. The molecular weight excluding hydrogens is 299 g/mol. The van der Waals surface area contributed by atoms with Crippen molar-refractivity contribution in [2.24, 2.45) is 0 Å². The van der Waals surface area contributed by atoms with Crippen molar-refractivity contribution in [3.63, 3.8) is 0 Å². The van der Waals surface area contributed by atoms with Crippen LogP contribution >= 0.6 is 33.9 Å². The van der Waals surface area contributed by atoms with E-state index in [0.717, 1.165) is 25.0 Å². The zero-order valence-electron chi connectivity index (χ0n) is 7.50. The Bertz CT molecular complexity index is 250. The monoisotopic (exact) mass is 312 g/mol. The van der Waals surface area contributed by atoms with Crippen LogP contribution in [0.25, 0.3) is 0 Å². The molecule has 1 unspecified atom stereocenters. The number of thiophene rings is 1. The van der Waals surface area contributed by atoms with E-state index >= 15 is 0 Å². The van der Waals surface area contributed by atoms with Gasteiger partial charge in [-0.3, -0.25) is 0 Å². The molecule has 74 valence electrons. The Balaban J connectivity index is 2.35. The lowest BCUT2D eigenvalue weighted by Gasteiger charge is -2.07. The fourth-order valence-electron chi connectivity index (χ4n) is 1.09. The molecule has 0 spiro atoms. The summed E-state index contributed by atoms with van der Waals surface area (Å²) in [5.41, 5.74) is 1.03. The van der Waals surface area contributed by atoms with Gasteiger partial charge in [-0.1, -0.05) is 0 Å². The van der Waals surface area contributed by atoms with Gasteiger partial charge in [0, 0.05) is 13.7 Å². The third-order valence-electron chi connectivity index (χ3n) is 1.80. The van der Waals surface area contributed by atoms with Gasteiger partial charge >= 0.3 is 0 Å². The molecule has 0 amide bonds. The number of hydrogen-bond donors (Lipinski definition) is 1. The van der Waals surface area contributed by atoms with Gasteiger partial charge in [0.15, 0.2) is 0 Å². The van der Waals surface area contributed by atoms with Crippen LogP contribution in [-0.2, 0) is 4.74 Å². The van der Waals surface area contributed by atoms with Gasteiger partial charge in [0.25, 0.3) is 0 Å². The lowest BCUT2D eigenvalue weighted by molar-refractivity contribution is 0.136. The minimum Gasteiger partial charge on any atom is -0.388 e. The van der Waals surface area contributed by atoms with Crippen LogP contribution in [0.2, 0.25) is 0 Å². The Hall–Kier alpha value is 0.350. The van der Waals surface area contributed by atoms with Crippen molar-refractivity contribution in [3.05, 3.63) is 19.9 Å². The fourth-order valence-corrected chi connectivity index (χ4v) is 2.50. The van der Waals surface area contributed by atoms with Gasteiger partial charge < -0.3 is 9.84 Å².